The summed E-state index contributed by atoms with van der Waals surface area (Å²) < 4.78 is 0. The summed E-state index contributed by atoms with van der Waals surface area (Å²) in [5.41, 5.74) is 4.87. The van der Waals surface area contributed by atoms with E-state index in [0.717, 1.165) is 12.3 Å². The van der Waals surface area contributed by atoms with Gasteiger partial charge in [0, 0.05) is 10.6 Å². The number of carbonyl (C=O) groups is 1. The Bertz CT molecular complexity index is 629. The summed E-state index contributed by atoms with van der Waals surface area (Å²) in [4.78, 5) is 12.8. The van der Waals surface area contributed by atoms with Gasteiger partial charge in [0.05, 0.1) is 5.54 Å². The van der Waals surface area contributed by atoms with E-state index in [1.54, 1.807) is 11.8 Å². The van der Waals surface area contributed by atoms with Gasteiger partial charge in [0.25, 0.3) is 0 Å². The minimum absolute atomic E-state index is 0.288. The number of nitrogens with two attached hydrogens (primary N) is 1. The highest BCUT2D eigenvalue weighted by atomic mass is 32.2. The van der Waals surface area contributed by atoms with Gasteiger partial charge in [-0.05, 0) is 42.8 Å². The third-order valence-corrected chi connectivity index (χ3v) is 4.70. The van der Waals surface area contributed by atoms with Crippen molar-refractivity contribution in [2.45, 2.75) is 30.7 Å². The van der Waals surface area contributed by atoms with E-state index in [1.807, 2.05) is 26.0 Å². The summed E-state index contributed by atoms with van der Waals surface area (Å²) >= 11 is 1.76. The molecule has 0 spiro atoms. The molecule has 0 bridgehead atoms. The van der Waals surface area contributed by atoms with Gasteiger partial charge in [-0.2, -0.15) is 0 Å². The molecule has 112 valence electrons. The minimum atomic E-state index is -0.626. The molecular weight excluding hydrogens is 280 g/mol. The molecule has 1 amide bonds. The van der Waals surface area contributed by atoms with Gasteiger partial charge in [0.2, 0.25) is 5.91 Å². The first kappa shape index (κ1) is 15.9. The van der Waals surface area contributed by atoms with Crippen LogP contribution in [0.5, 0.6) is 0 Å². The lowest BCUT2D eigenvalue weighted by atomic mass is 9.98. The van der Waals surface area contributed by atoms with Crippen LogP contribution in [0.3, 0.4) is 0 Å². The molecule has 3 nitrogen and oxygen atoms in total. The first-order chi connectivity index (χ1) is 10.0. The van der Waals surface area contributed by atoms with Crippen LogP contribution in [0.15, 0.2) is 47.4 Å². The van der Waals surface area contributed by atoms with Crippen LogP contribution in [0.2, 0.25) is 0 Å². The van der Waals surface area contributed by atoms with Gasteiger partial charge in [-0.15, -0.1) is 11.8 Å². The molecule has 0 aliphatic rings. The van der Waals surface area contributed by atoms with Gasteiger partial charge in [0.15, 0.2) is 0 Å². The molecule has 1 atom stereocenters. The van der Waals surface area contributed by atoms with E-state index in [2.05, 4.69) is 35.6 Å². The first-order valence-corrected chi connectivity index (χ1v) is 8.20. The summed E-state index contributed by atoms with van der Waals surface area (Å²) in [6.45, 7) is 4.59. The summed E-state index contributed by atoms with van der Waals surface area (Å²) in [7, 11) is 0. The Balaban J connectivity index is 1.99. The number of hydrogen-bond acceptors (Lipinski definition) is 3. The van der Waals surface area contributed by atoms with E-state index in [4.69, 9.17) is 5.73 Å². The monoisotopic (exact) mass is 302 g/mol. The molecule has 3 N–H and O–H groups in total. The molecule has 0 fully saturated rings. The maximum atomic E-state index is 11.6. The van der Waals surface area contributed by atoms with Gasteiger partial charge in [-0.1, -0.05) is 37.3 Å². The SMILES string of the molecule is CCNC(C)(CCSc1ccc2ccccc2c1)C(N)=O. The number of likely N-dealkylation sites (N-methyl/N-ethyl adjacent to an activating group) is 1. The highest BCUT2D eigenvalue weighted by Gasteiger charge is 2.29. The fraction of sp³-hybridized carbons (Fsp3) is 0.353. The van der Waals surface area contributed by atoms with E-state index in [9.17, 15) is 4.79 Å². The van der Waals surface area contributed by atoms with Crippen LogP contribution < -0.4 is 11.1 Å². The summed E-state index contributed by atoms with van der Waals surface area (Å²) in [6.07, 6.45) is 0.716. The highest BCUT2D eigenvalue weighted by molar-refractivity contribution is 7.99. The Labute approximate surface area is 130 Å². The Kier molecular flexibility index (Phi) is 5.26. The molecule has 0 aromatic heterocycles. The van der Waals surface area contributed by atoms with Crippen LogP contribution in [-0.2, 0) is 4.79 Å². The van der Waals surface area contributed by atoms with Gasteiger partial charge in [-0.25, -0.2) is 0 Å². The van der Waals surface area contributed by atoms with Crippen LogP contribution in [-0.4, -0.2) is 23.7 Å². The van der Waals surface area contributed by atoms with Crippen molar-refractivity contribution in [3.8, 4) is 0 Å². The molecule has 1 unspecified atom stereocenters. The molecule has 0 saturated heterocycles. The normalized spacial score (nSPS) is 14.0. The molecule has 0 radical (unpaired) electrons. The summed E-state index contributed by atoms with van der Waals surface area (Å²) in [5, 5.41) is 5.68. The standard InChI is InChI=1S/C17H22N2OS/c1-3-19-17(2,16(18)20)10-11-21-15-9-8-13-6-4-5-7-14(13)12-15/h4-9,12,19H,3,10-11H2,1-2H3,(H2,18,20). The van der Waals surface area contributed by atoms with Gasteiger partial charge < -0.3 is 11.1 Å². The van der Waals surface area contributed by atoms with Crippen molar-refractivity contribution in [3.63, 3.8) is 0 Å². The fourth-order valence-corrected chi connectivity index (χ4v) is 3.44. The van der Waals surface area contributed by atoms with Crippen molar-refractivity contribution in [2.75, 3.05) is 12.3 Å². The number of amides is 1. The predicted octanol–water partition coefficient (Wildman–Crippen LogP) is 3.18. The van der Waals surface area contributed by atoms with Crippen molar-refractivity contribution in [3.05, 3.63) is 42.5 Å². The highest BCUT2D eigenvalue weighted by Crippen LogP contribution is 2.25. The van der Waals surface area contributed by atoms with E-state index >= 15 is 0 Å². The topological polar surface area (TPSA) is 55.1 Å². The largest absolute Gasteiger partial charge is 0.368 e. The molecule has 0 aliphatic heterocycles. The van der Waals surface area contributed by atoms with E-state index in [-0.39, 0.29) is 5.91 Å². The molecule has 2 aromatic carbocycles. The molecule has 0 heterocycles. The van der Waals surface area contributed by atoms with Crippen molar-refractivity contribution < 1.29 is 4.79 Å². The Morgan fingerprint density at radius 1 is 1.24 bits per heavy atom. The second kappa shape index (κ2) is 6.96. The smallest absolute Gasteiger partial charge is 0.237 e. The number of rotatable bonds is 7. The molecule has 0 saturated carbocycles. The number of thioether (sulfide) groups is 1. The third kappa shape index (κ3) is 3.99. The predicted molar refractivity (Wildman–Crippen MR) is 90.6 cm³/mol. The van der Waals surface area contributed by atoms with Crippen LogP contribution in [0, 0.1) is 0 Å². The first-order valence-electron chi connectivity index (χ1n) is 7.22. The zero-order valence-electron chi connectivity index (χ0n) is 12.6. The average molecular weight is 302 g/mol. The van der Waals surface area contributed by atoms with Gasteiger partial charge >= 0.3 is 0 Å². The van der Waals surface area contributed by atoms with Crippen molar-refractivity contribution in [1.29, 1.82) is 0 Å². The minimum Gasteiger partial charge on any atom is -0.368 e. The van der Waals surface area contributed by atoms with Gasteiger partial charge in [0.1, 0.15) is 0 Å². The lowest BCUT2D eigenvalue weighted by Gasteiger charge is -2.26. The van der Waals surface area contributed by atoms with Crippen LogP contribution in [0.1, 0.15) is 20.3 Å². The quantitative estimate of drug-likeness (QED) is 0.772. The number of primary amides is 1. The van der Waals surface area contributed by atoms with E-state index < -0.39 is 5.54 Å². The third-order valence-electron chi connectivity index (χ3n) is 3.70. The number of nitrogens with one attached hydrogen (secondary N) is 1. The fourth-order valence-electron chi connectivity index (χ4n) is 2.32. The Hall–Kier alpha value is -1.52. The second-order valence-corrected chi connectivity index (χ2v) is 6.50. The van der Waals surface area contributed by atoms with Gasteiger partial charge in [-0.3, -0.25) is 4.79 Å². The van der Waals surface area contributed by atoms with Crippen molar-refractivity contribution in [2.24, 2.45) is 5.73 Å². The molecule has 0 aliphatic carbocycles. The summed E-state index contributed by atoms with van der Waals surface area (Å²) in [6, 6.07) is 14.8. The zero-order valence-corrected chi connectivity index (χ0v) is 13.4. The molecular formula is C17H22N2OS. The number of carbonyl (C=O) groups excluding carboxylic acids is 1. The number of benzene rings is 2. The Morgan fingerprint density at radius 3 is 2.62 bits per heavy atom. The van der Waals surface area contributed by atoms with Crippen LogP contribution in [0.4, 0.5) is 0 Å². The number of fused-ring (bicyclic) bond motifs is 1. The lowest BCUT2D eigenvalue weighted by molar-refractivity contribution is -0.123. The maximum Gasteiger partial charge on any atom is 0.237 e. The molecule has 2 rings (SSSR count). The average Bonchev–Trinajstić information content (AvgIpc) is 2.47. The summed E-state index contributed by atoms with van der Waals surface area (Å²) in [5.74, 6) is 0.564. The van der Waals surface area contributed by atoms with E-state index in [0.29, 0.717) is 6.42 Å². The molecule has 4 heteroatoms. The molecule has 2 aromatic rings. The maximum absolute atomic E-state index is 11.6. The Morgan fingerprint density at radius 2 is 1.95 bits per heavy atom. The lowest BCUT2D eigenvalue weighted by Crippen LogP contribution is -2.53. The number of hydrogen-bond donors (Lipinski definition) is 2. The van der Waals surface area contributed by atoms with Crippen LogP contribution >= 0.6 is 11.8 Å². The van der Waals surface area contributed by atoms with Crippen molar-refractivity contribution >= 4 is 28.4 Å². The van der Waals surface area contributed by atoms with Crippen molar-refractivity contribution in [1.82, 2.24) is 5.32 Å². The zero-order chi connectivity index (χ0) is 15.3. The van der Waals surface area contributed by atoms with E-state index in [1.165, 1.54) is 15.7 Å². The second-order valence-electron chi connectivity index (χ2n) is 5.33. The molecule has 21 heavy (non-hydrogen) atoms. The van der Waals surface area contributed by atoms with Crippen LogP contribution in [0.25, 0.3) is 10.8 Å².